The van der Waals surface area contributed by atoms with Gasteiger partial charge in [-0.2, -0.15) is 0 Å². The van der Waals surface area contributed by atoms with Crippen molar-refractivity contribution < 1.29 is 0 Å². The molecule has 2 aromatic rings. The number of aromatic amines is 1. The minimum absolute atomic E-state index is 0.740. The summed E-state index contributed by atoms with van der Waals surface area (Å²) in [7, 11) is 0. The van der Waals surface area contributed by atoms with E-state index >= 15 is 0 Å². The molecule has 3 rings (SSSR count). The van der Waals surface area contributed by atoms with E-state index < -0.39 is 0 Å². The maximum absolute atomic E-state index is 5.67. The van der Waals surface area contributed by atoms with Crippen molar-refractivity contribution >= 4 is 22.6 Å². The largest absolute Gasteiger partial charge is 0.355 e. The molecule has 82 valence electrons. The Hall–Kier alpha value is -1.54. The first-order valence-corrected chi connectivity index (χ1v) is 5.89. The van der Waals surface area contributed by atoms with Crippen LogP contribution in [0.15, 0.2) is 24.3 Å². The van der Waals surface area contributed by atoms with Gasteiger partial charge in [-0.3, -0.25) is 0 Å². The molecular formula is C14H16N2. The Bertz CT molecular complexity index is 634. The Morgan fingerprint density at radius 3 is 3.00 bits per heavy atom. The van der Waals surface area contributed by atoms with Crippen LogP contribution >= 0.6 is 0 Å². The highest BCUT2D eigenvalue weighted by Crippen LogP contribution is 2.13. The number of rotatable bonds is 2. The molecule has 0 saturated heterocycles. The molecular weight excluding hydrogens is 196 g/mol. The summed E-state index contributed by atoms with van der Waals surface area (Å²) in [5.74, 6) is 0. The molecule has 1 aliphatic rings. The van der Waals surface area contributed by atoms with Crippen molar-refractivity contribution in [3.63, 3.8) is 0 Å². The second-order valence-corrected chi connectivity index (χ2v) is 4.34. The molecule has 1 heterocycles. The fourth-order valence-electron chi connectivity index (χ4n) is 2.59. The monoisotopic (exact) mass is 212 g/mol. The lowest BCUT2D eigenvalue weighted by molar-refractivity contribution is 0.931. The minimum atomic E-state index is 0.740. The molecule has 0 saturated carbocycles. The molecule has 0 spiro atoms. The molecule has 1 aromatic carbocycles. The van der Waals surface area contributed by atoms with E-state index in [0.717, 1.165) is 25.8 Å². The van der Waals surface area contributed by atoms with Crippen LogP contribution in [0.4, 0.5) is 0 Å². The van der Waals surface area contributed by atoms with Gasteiger partial charge in [0.05, 0.1) is 0 Å². The van der Waals surface area contributed by atoms with Gasteiger partial charge in [0, 0.05) is 21.5 Å². The zero-order valence-electron chi connectivity index (χ0n) is 9.29. The summed E-state index contributed by atoms with van der Waals surface area (Å²) < 4.78 is 0. The maximum atomic E-state index is 5.67. The van der Waals surface area contributed by atoms with Crippen LogP contribution in [-0.2, 0) is 0 Å². The van der Waals surface area contributed by atoms with Crippen molar-refractivity contribution in [2.24, 2.45) is 5.73 Å². The van der Waals surface area contributed by atoms with Crippen LogP contribution in [-0.4, -0.2) is 11.5 Å². The van der Waals surface area contributed by atoms with E-state index in [4.69, 9.17) is 5.73 Å². The summed E-state index contributed by atoms with van der Waals surface area (Å²) in [5.41, 5.74) is 8.38. The SMILES string of the molecule is NCCC1=c2[nH]c3ccccc3c2=CCC1. The third-order valence-corrected chi connectivity index (χ3v) is 3.34. The number of fused-ring (bicyclic) bond motifs is 3. The standard InChI is InChI=1S/C14H16N2/c15-9-8-10-4-3-6-12-11-5-1-2-7-13(11)16-14(10)12/h1-2,5-7,16H,3-4,8-9,15H2. The topological polar surface area (TPSA) is 41.8 Å². The molecule has 1 aliphatic carbocycles. The molecule has 2 nitrogen and oxygen atoms in total. The Labute approximate surface area is 94.5 Å². The summed E-state index contributed by atoms with van der Waals surface area (Å²) in [6.45, 7) is 0.740. The van der Waals surface area contributed by atoms with Crippen molar-refractivity contribution in [2.75, 3.05) is 6.54 Å². The summed E-state index contributed by atoms with van der Waals surface area (Å²) >= 11 is 0. The third kappa shape index (κ3) is 1.38. The minimum Gasteiger partial charge on any atom is -0.355 e. The summed E-state index contributed by atoms with van der Waals surface area (Å²) in [5, 5.41) is 4.04. The van der Waals surface area contributed by atoms with Gasteiger partial charge in [-0.15, -0.1) is 0 Å². The smallest absolute Gasteiger partial charge is 0.0464 e. The van der Waals surface area contributed by atoms with E-state index in [1.165, 1.54) is 27.0 Å². The molecule has 0 unspecified atom stereocenters. The first-order chi connectivity index (χ1) is 7.90. The predicted octanol–water partition coefficient (Wildman–Crippen LogP) is 1.24. The lowest BCUT2D eigenvalue weighted by Gasteiger charge is -2.06. The van der Waals surface area contributed by atoms with Gasteiger partial charge in [0.15, 0.2) is 0 Å². The Kier molecular flexibility index (Phi) is 2.29. The van der Waals surface area contributed by atoms with E-state index in [1.54, 1.807) is 0 Å². The Morgan fingerprint density at radius 2 is 2.12 bits per heavy atom. The van der Waals surface area contributed by atoms with Gasteiger partial charge in [0.2, 0.25) is 0 Å². The highest BCUT2D eigenvalue weighted by molar-refractivity contribution is 5.82. The molecule has 2 heteroatoms. The van der Waals surface area contributed by atoms with Crippen molar-refractivity contribution in [3.05, 3.63) is 34.8 Å². The summed E-state index contributed by atoms with van der Waals surface area (Å²) in [4.78, 5) is 3.53. The quantitative estimate of drug-likeness (QED) is 0.772. The van der Waals surface area contributed by atoms with Crippen LogP contribution < -0.4 is 16.3 Å². The van der Waals surface area contributed by atoms with E-state index in [0.29, 0.717) is 0 Å². The van der Waals surface area contributed by atoms with Gasteiger partial charge in [0.25, 0.3) is 0 Å². The predicted molar refractivity (Wildman–Crippen MR) is 68.3 cm³/mol. The van der Waals surface area contributed by atoms with Gasteiger partial charge in [-0.1, -0.05) is 24.3 Å². The number of nitrogens with one attached hydrogen (secondary N) is 1. The van der Waals surface area contributed by atoms with Crippen LogP contribution in [0.1, 0.15) is 19.3 Å². The van der Waals surface area contributed by atoms with Gasteiger partial charge in [-0.05, 0) is 37.4 Å². The van der Waals surface area contributed by atoms with E-state index in [9.17, 15) is 0 Å². The zero-order valence-corrected chi connectivity index (χ0v) is 9.29. The number of benzene rings is 1. The molecule has 0 amide bonds. The average molecular weight is 212 g/mol. The zero-order chi connectivity index (χ0) is 11.0. The highest BCUT2D eigenvalue weighted by Gasteiger charge is 2.08. The molecule has 1 aromatic heterocycles. The molecule has 0 bridgehead atoms. The van der Waals surface area contributed by atoms with Gasteiger partial charge in [0.1, 0.15) is 0 Å². The first kappa shape index (κ1) is 9.67. The maximum Gasteiger partial charge on any atom is 0.0464 e. The molecule has 3 N–H and O–H groups in total. The van der Waals surface area contributed by atoms with Crippen LogP contribution in [0.2, 0.25) is 0 Å². The van der Waals surface area contributed by atoms with Crippen molar-refractivity contribution in [1.29, 1.82) is 0 Å². The summed E-state index contributed by atoms with van der Waals surface area (Å²) in [6.07, 6.45) is 5.64. The van der Waals surface area contributed by atoms with Gasteiger partial charge in [-0.25, -0.2) is 0 Å². The number of para-hydroxylation sites is 1. The fraction of sp³-hybridized carbons (Fsp3) is 0.286. The van der Waals surface area contributed by atoms with Gasteiger partial charge < -0.3 is 10.7 Å². The number of H-pyrrole nitrogens is 1. The number of aromatic nitrogens is 1. The molecule has 16 heavy (non-hydrogen) atoms. The Balaban J connectivity index is 2.41. The second kappa shape index (κ2) is 3.80. The number of hydrogen-bond acceptors (Lipinski definition) is 1. The molecule has 0 fully saturated rings. The molecule has 0 aliphatic heterocycles. The van der Waals surface area contributed by atoms with E-state index in [2.05, 4.69) is 35.3 Å². The summed E-state index contributed by atoms with van der Waals surface area (Å²) in [6, 6.07) is 8.50. The molecule has 0 atom stereocenters. The molecule has 0 radical (unpaired) electrons. The van der Waals surface area contributed by atoms with Crippen molar-refractivity contribution in [2.45, 2.75) is 19.3 Å². The van der Waals surface area contributed by atoms with Crippen molar-refractivity contribution in [1.82, 2.24) is 4.98 Å². The first-order valence-electron chi connectivity index (χ1n) is 5.89. The third-order valence-electron chi connectivity index (χ3n) is 3.34. The Morgan fingerprint density at radius 1 is 1.25 bits per heavy atom. The normalized spacial score (nSPS) is 14.9. The average Bonchev–Trinajstić information content (AvgIpc) is 2.69. The number of nitrogens with two attached hydrogens (primary N) is 1. The lowest BCUT2D eigenvalue weighted by Crippen LogP contribution is -2.29. The van der Waals surface area contributed by atoms with Crippen LogP contribution in [0.3, 0.4) is 0 Å². The lowest BCUT2D eigenvalue weighted by atomic mass is 10.0. The van der Waals surface area contributed by atoms with Crippen molar-refractivity contribution in [3.8, 4) is 0 Å². The van der Waals surface area contributed by atoms with Crippen LogP contribution in [0.25, 0.3) is 22.6 Å². The van der Waals surface area contributed by atoms with E-state index in [-0.39, 0.29) is 0 Å². The van der Waals surface area contributed by atoms with Crippen LogP contribution in [0, 0.1) is 0 Å². The second-order valence-electron chi connectivity index (χ2n) is 4.34. The van der Waals surface area contributed by atoms with E-state index in [1.807, 2.05) is 0 Å². The number of hydrogen-bond donors (Lipinski definition) is 2. The highest BCUT2D eigenvalue weighted by atomic mass is 14.7. The fourth-order valence-corrected chi connectivity index (χ4v) is 2.59. The van der Waals surface area contributed by atoms with Gasteiger partial charge >= 0.3 is 0 Å². The van der Waals surface area contributed by atoms with Crippen LogP contribution in [0.5, 0.6) is 0 Å².